The van der Waals surface area contributed by atoms with Gasteiger partial charge in [-0.3, -0.25) is 0 Å². The molecule has 0 fully saturated rings. The van der Waals surface area contributed by atoms with E-state index in [2.05, 4.69) is 34.0 Å². The Morgan fingerprint density at radius 3 is 2.62 bits per heavy atom. The maximum atomic E-state index is 5.94. The first kappa shape index (κ1) is 15.6. The van der Waals surface area contributed by atoms with Crippen LogP contribution in [0, 0.1) is 0 Å². The summed E-state index contributed by atoms with van der Waals surface area (Å²) in [6.07, 6.45) is 2.66. The largest absolute Gasteiger partial charge is 0.370 e. The first-order chi connectivity index (χ1) is 10.1. The third-order valence-corrected chi connectivity index (χ3v) is 3.76. The summed E-state index contributed by atoms with van der Waals surface area (Å²) in [5.41, 5.74) is 1.20. The van der Waals surface area contributed by atoms with Crippen LogP contribution in [0.3, 0.4) is 0 Å². The van der Waals surface area contributed by atoms with Crippen LogP contribution in [0.1, 0.15) is 31.9 Å². The smallest absolute Gasteiger partial charge is 0.134 e. The van der Waals surface area contributed by atoms with Crippen molar-refractivity contribution in [2.75, 3.05) is 23.8 Å². The molecule has 4 nitrogen and oxygen atoms in total. The van der Waals surface area contributed by atoms with Crippen molar-refractivity contribution in [3.63, 3.8) is 0 Å². The molecule has 1 atom stereocenters. The summed E-state index contributed by atoms with van der Waals surface area (Å²) in [5.74, 6) is 1.75. The Balaban J connectivity index is 2.14. The summed E-state index contributed by atoms with van der Waals surface area (Å²) in [6, 6.07) is 10.1. The minimum atomic E-state index is 0.205. The van der Waals surface area contributed by atoms with Crippen LogP contribution in [0.2, 0.25) is 5.02 Å². The van der Waals surface area contributed by atoms with Crippen LogP contribution in [0.4, 0.5) is 11.6 Å². The zero-order chi connectivity index (χ0) is 15.2. The van der Waals surface area contributed by atoms with Crippen molar-refractivity contribution >= 4 is 23.2 Å². The Bertz CT molecular complexity index is 571. The van der Waals surface area contributed by atoms with Crippen molar-refractivity contribution in [3.05, 3.63) is 47.2 Å². The lowest BCUT2D eigenvalue weighted by Gasteiger charge is -2.26. The average molecular weight is 305 g/mol. The number of nitrogens with zero attached hydrogens (tertiary/aromatic N) is 3. The Morgan fingerprint density at radius 2 is 1.95 bits per heavy atom. The van der Waals surface area contributed by atoms with Gasteiger partial charge in [0.25, 0.3) is 0 Å². The van der Waals surface area contributed by atoms with Crippen LogP contribution in [0.25, 0.3) is 0 Å². The van der Waals surface area contributed by atoms with Crippen molar-refractivity contribution < 1.29 is 0 Å². The van der Waals surface area contributed by atoms with E-state index in [1.165, 1.54) is 5.56 Å². The quantitative estimate of drug-likeness (QED) is 0.870. The predicted molar refractivity (Wildman–Crippen MR) is 89.1 cm³/mol. The SMILES string of the molecule is CCCNc1cc(N(C)C(C)c2ccc(Cl)cc2)ncn1. The van der Waals surface area contributed by atoms with Gasteiger partial charge in [0.15, 0.2) is 0 Å². The highest BCUT2D eigenvalue weighted by Crippen LogP contribution is 2.25. The Labute approximate surface area is 131 Å². The highest BCUT2D eigenvalue weighted by molar-refractivity contribution is 6.30. The normalized spacial score (nSPS) is 12.0. The first-order valence-electron chi connectivity index (χ1n) is 7.16. The zero-order valence-electron chi connectivity index (χ0n) is 12.7. The lowest BCUT2D eigenvalue weighted by molar-refractivity contribution is 0.727. The second-order valence-electron chi connectivity index (χ2n) is 5.03. The predicted octanol–water partition coefficient (Wildman–Crippen LogP) is 4.15. The molecule has 2 aromatic rings. The molecular formula is C16H21ClN4. The van der Waals surface area contributed by atoms with Gasteiger partial charge >= 0.3 is 0 Å². The molecule has 0 spiro atoms. The van der Waals surface area contributed by atoms with Gasteiger partial charge in [-0.1, -0.05) is 30.7 Å². The molecule has 1 aromatic heterocycles. The van der Waals surface area contributed by atoms with Gasteiger partial charge in [-0.25, -0.2) is 9.97 Å². The molecule has 1 heterocycles. The van der Waals surface area contributed by atoms with E-state index in [0.717, 1.165) is 29.6 Å². The van der Waals surface area contributed by atoms with Gasteiger partial charge in [0, 0.05) is 24.7 Å². The highest BCUT2D eigenvalue weighted by atomic mass is 35.5. The van der Waals surface area contributed by atoms with Crippen molar-refractivity contribution in [2.24, 2.45) is 0 Å². The van der Waals surface area contributed by atoms with Crippen LogP contribution in [-0.4, -0.2) is 23.6 Å². The van der Waals surface area contributed by atoms with Crippen LogP contribution >= 0.6 is 11.6 Å². The lowest BCUT2D eigenvalue weighted by atomic mass is 10.1. The van der Waals surface area contributed by atoms with E-state index in [1.54, 1.807) is 6.33 Å². The minimum Gasteiger partial charge on any atom is -0.370 e. The molecule has 1 N–H and O–H groups in total. The molecule has 1 unspecified atom stereocenters. The van der Waals surface area contributed by atoms with Gasteiger partial charge in [0.05, 0.1) is 6.04 Å². The maximum absolute atomic E-state index is 5.94. The van der Waals surface area contributed by atoms with Gasteiger partial charge in [-0.15, -0.1) is 0 Å². The molecule has 0 aliphatic rings. The summed E-state index contributed by atoms with van der Waals surface area (Å²) in [5, 5.41) is 4.03. The number of hydrogen-bond donors (Lipinski definition) is 1. The number of hydrogen-bond acceptors (Lipinski definition) is 4. The molecule has 0 amide bonds. The van der Waals surface area contributed by atoms with E-state index in [9.17, 15) is 0 Å². The number of rotatable bonds is 6. The minimum absolute atomic E-state index is 0.205. The van der Waals surface area contributed by atoms with Crippen LogP contribution < -0.4 is 10.2 Å². The summed E-state index contributed by atoms with van der Waals surface area (Å²) in [7, 11) is 2.03. The van der Waals surface area contributed by atoms with Crippen LogP contribution in [0.15, 0.2) is 36.7 Å². The second-order valence-corrected chi connectivity index (χ2v) is 5.46. The summed E-state index contributed by atoms with van der Waals surface area (Å²) >= 11 is 5.94. The second kappa shape index (κ2) is 7.27. The molecule has 2 rings (SSSR count). The number of halogens is 1. The van der Waals surface area contributed by atoms with E-state index in [0.29, 0.717) is 0 Å². The van der Waals surface area contributed by atoms with E-state index < -0.39 is 0 Å². The lowest BCUT2D eigenvalue weighted by Crippen LogP contribution is -2.22. The van der Waals surface area contributed by atoms with Crippen LogP contribution in [0.5, 0.6) is 0 Å². The molecule has 0 aliphatic carbocycles. The summed E-state index contributed by atoms with van der Waals surface area (Å²) in [4.78, 5) is 10.7. The molecule has 1 aromatic carbocycles. The summed E-state index contributed by atoms with van der Waals surface area (Å²) in [6.45, 7) is 5.18. The molecule has 0 radical (unpaired) electrons. The zero-order valence-corrected chi connectivity index (χ0v) is 13.4. The standard InChI is InChI=1S/C16H21ClN4/c1-4-9-18-15-10-16(20-11-19-15)21(3)12(2)13-5-7-14(17)8-6-13/h5-8,10-12H,4,9H2,1-3H3,(H,18,19,20). The Hall–Kier alpha value is -1.81. The number of aromatic nitrogens is 2. The molecule has 5 heteroatoms. The molecule has 0 bridgehead atoms. The van der Waals surface area contributed by atoms with E-state index in [4.69, 9.17) is 11.6 Å². The number of benzene rings is 1. The van der Waals surface area contributed by atoms with E-state index in [-0.39, 0.29) is 6.04 Å². The number of nitrogens with one attached hydrogen (secondary N) is 1. The van der Waals surface area contributed by atoms with E-state index >= 15 is 0 Å². The van der Waals surface area contributed by atoms with Crippen molar-refractivity contribution in [3.8, 4) is 0 Å². The maximum Gasteiger partial charge on any atom is 0.134 e. The Kier molecular flexibility index (Phi) is 5.39. The third kappa shape index (κ3) is 4.08. The average Bonchev–Trinajstić information content (AvgIpc) is 2.52. The van der Waals surface area contributed by atoms with Crippen molar-refractivity contribution in [2.45, 2.75) is 26.3 Å². The fourth-order valence-corrected chi connectivity index (χ4v) is 2.18. The van der Waals surface area contributed by atoms with Crippen LogP contribution in [-0.2, 0) is 0 Å². The Morgan fingerprint density at radius 1 is 1.24 bits per heavy atom. The summed E-state index contributed by atoms with van der Waals surface area (Å²) < 4.78 is 0. The molecule has 0 saturated heterocycles. The first-order valence-corrected chi connectivity index (χ1v) is 7.53. The molecular weight excluding hydrogens is 284 g/mol. The topological polar surface area (TPSA) is 41.0 Å². The molecule has 0 saturated carbocycles. The van der Waals surface area contributed by atoms with E-state index in [1.807, 2.05) is 37.4 Å². The van der Waals surface area contributed by atoms with Gasteiger partial charge in [-0.2, -0.15) is 0 Å². The fourth-order valence-electron chi connectivity index (χ4n) is 2.05. The highest BCUT2D eigenvalue weighted by Gasteiger charge is 2.14. The van der Waals surface area contributed by atoms with Gasteiger partial charge < -0.3 is 10.2 Å². The molecule has 0 aliphatic heterocycles. The fraction of sp³-hybridized carbons (Fsp3) is 0.375. The van der Waals surface area contributed by atoms with Crippen molar-refractivity contribution in [1.82, 2.24) is 9.97 Å². The molecule has 21 heavy (non-hydrogen) atoms. The van der Waals surface area contributed by atoms with Gasteiger partial charge in [0.2, 0.25) is 0 Å². The van der Waals surface area contributed by atoms with Crippen molar-refractivity contribution in [1.29, 1.82) is 0 Å². The third-order valence-electron chi connectivity index (χ3n) is 3.50. The van der Waals surface area contributed by atoms with Gasteiger partial charge in [-0.05, 0) is 31.0 Å². The molecule has 112 valence electrons. The van der Waals surface area contributed by atoms with Gasteiger partial charge in [0.1, 0.15) is 18.0 Å². The number of anilines is 2. The monoisotopic (exact) mass is 304 g/mol.